The molecule has 0 amide bonds. The number of benzene rings is 5. The first kappa shape index (κ1) is 44.0. The number of hydrogen-bond acceptors (Lipinski definition) is 26. The van der Waals surface area contributed by atoms with Crippen molar-refractivity contribution in [3.63, 3.8) is 0 Å². The molecule has 8 rings (SSSR count). The van der Waals surface area contributed by atoms with Crippen molar-refractivity contribution in [3.05, 3.63) is 64.2 Å². The predicted octanol–water partition coefficient (Wildman–Crippen LogP) is 1.65. The van der Waals surface area contributed by atoms with E-state index in [1.807, 2.05) is 0 Å². The van der Waals surface area contributed by atoms with Crippen molar-refractivity contribution in [2.24, 2.45) is 0 Å². The Hall–Kier alpha value is -9.59. The number of esters is 5. The van der Waals surface area contributed by atoms with Crippen molar-refractivity contribution < 1.29 is 129 Å². The zero-order valence-electron chi connectivity index (χ0n) is 32.8. The van der Waals surface area contributed by atoms with E-state index in [0.29, 0.717) is 36.4 Å². The molecule has 0 unspecified atom stereocenters. The SMILES string of the molecule is O=C(O[C@H]1O[C@@H]2COC(=O)c3cc(O)c(O)c(O)c3-c3c(cc(O)c(O)c3O)C(=O)O[C@H]2[C@H]2OC(=O)c3cc(O)c(O)c(O)c3-c3c(cc(O)c(O)c3O)C(=O)O[C@@H]12)c1cc(O)c(O)c(O)c1. The quantitative estimate of drug-likeness (QED) is 0.0679. The molecular formula is C41H28O26. The Morgan fingerprint density at radius 3 is 1.13 bits per heavy atom. The van der Waals surface area contributed by atoms with Gasteiger partial charge in [-0.05, 0) is 36.4 Å². The first-order valence-electron chi connectivity index (χ1n) is 18.6. The van der Waals surface area contributed by atoms with E-state index in [-0.39, 0.29) is 0 Å². The summed E-state index contributed by atoms with van der Waals surface area (Å²) in [6, 6.07) is 2.84. The Labute approximate surface area is 368 Å². The van der Waals surface area contributed by atoms with Gasteiger partial charge in [0.2, 0.25) is 35.4 Å². The van der Waals surface area contributed by atoms with Crippen molar-refractivity contribution in [1.82, 2.24) is 0 Å². The molecule has 26 heteroatoms. The molecule has 5 aromatic rings. The second-order valence-electron chi connectivity index (χ2n) is 14.6. The molecule has 3 aliphatic heterocycles. The fourth-order valence-electron chi connectivity index (χ4n) is 7.44. The van der Waals surface area contributed by atoms with Crippen LogP contribution in [0.2, 0.25) is 0 Å². The van der Waals surface area contributed by atoms with Gasteiger partial charge in [0.1, 0.15) is 12.7 Å². The van der Waals surface area contributed by atoms with Gasteiger partial charge in [0, 0.05) is 22.3 Å². The molecule has 0 bridgehead atoms. The Bertz CT molecular complexity index is 3020. The summed E-state index contributed by atoms with van der Waals surface area (Å²) in [4.78, 5) is 70.7. The summed E-state index contributed by atoms with van der Waals surface area (Å²) >= 11 is 0. The molecule has 5 aromatic carbocycles. The topological polar surface area (TPSA) is 444 Å². The van der Waals surface area contributed by atoms with Gasteiger partial charge in [-0.2, -0.15) is 0 Å². The lowest BCUT2D eigenvalue weighted by Gasteiger charge is -2.44. The molecule has 67 heavy (non-hydrogen) atoms. The number of ether oxygens (including phenoxy) is 6. The summed E-state index contributed by atoms with van der Waals surface area (Å²) in [7, 11) is 0. The highest BCUT2D eigenvalue weighted by Crippen LogP contribution is 2.55. The van der Waals surface area contributed by atoms with E-state index in [2.05, 4.69) is 0 Å². The number of phenols is 15. The Morgan fingerprint density at radius 1 is 0.418 bits per heavy atom. The minimum atomic E-state index is -2.53. The number of rotatable bonds is 2. The summed E-state index contributed by atoms with van der Waals surface area (Å²) < 4.78 is 33.6. The smallest absolute Gasteiger partial charge is 0.340 e. The van der Waals surface area contributed by atoms with Crippen LogP contribution in [0.4, 0.5) is 0 Å². The van der Waals surface area contributed by atoms with Crippen molar-refractivity contribution in [2.75, 3.05) is 6.61 Å². The molecule has 0 saturated carbocycles. The van der Waals surface area contributed by atoms with E-state index in [9.17, 15) is 101 Å². The lowest BCUT2D eigenvalue weighted by Crippen LogP contribution is -2.63. The maximum Gasteiger partial charge on any atom is 0.340 e. The number of fused-ring (bicyclic) bond motifs is 9. The highest BCUT2D eigenvalue weighted by Gasteiger charge is 2.56. The lowest BCUT2D eigenvalue weighted by molar-refractivity contribution is -0.282. The maximum atomic E-state index is 14.4. The van der Waals surface area contributed by atoms with Crippen LogP contribution in [0.3, 0.4) is 0 Å². The molecule has 15 N–H and O–H groups in total. The van der Waals surface area contributed by atoms with Gasteiger partial charge in [0.15, 0.2) is 75.5 Å². The van der Waals surface area contributed by atoms with Crippen LogP contribution in [0.1, 0.15) is 51.8 Å². The van der Waals surface area contributed by atoms with Gasteiger partial charge in [-0.3, -0.25) is 0 Å². The van der Waals surface area contributed by atoms with Crippen molar-refractivity contribution in [3.8, 4) is 108 Å². The molecule has 3 heterocycles. The van der Waals surface area contributed by atoms with Gasteiger partial charge >= 0.3 is 29.8 Å². The molecule has 5 atom stereocenters. The van der Waals surface area contributed by atoms with Crippen LogP contribution in [0.15, 0.2) is 36.4 Å². The van der Waals surface area contributed by atoms with Crippen LogP contribution in [-0.2, 0) is 28.4 Å². The normalized spacial score (nSPS) is 20.0. The molecule has 0 aliphatic carbocycles. The zero-order valence-corrected chi connectivity index (χ0v) is 32.8. The number of cyclic esters (lactones) is 1. The largest absolute Gasteiger partial charge is 0.504 e. The molecule has 0 aromatic heterocycles. The van der Waals surface area contributed by atoms with Crippen molar-refractivity contribution >= 4 is 29.8 Å². The molecule has 3 aliphatic rings. The highest BCUT2D eigenvalue weighted by molar-refractivity contribution is 6.10. The maximum absolute atomic E-state index is 14.4. The van der Waals surface area contributed by atoms with Gasteiger partial charge in [0.05, 0.1) is 27.8 Å². The van der Waals surface area contributed by atoms with E-state index in [1.54, 1.807) is 0 Å². The van der Waals surface area contributed by atoms with Crippen molar-refractivity contribution in [2.45, 2.75) is 30.7 Å². The molecule has 1 fully saturated rings. The van der Waals surface area contributed by atoms with Crippen LogP contribution >= 0.6 is 0 Å². The average molecular weight is 937 g/mol. The van der Waals surface area contributed by atoms with Crippen LogP contribution < -0.4 is 0 Å². The van der Waals surface area contributed by atoms with E-state index in [1.165, 1.54) is 0 Å². The summed E-state index contributed by atoms with van der Waals surface area (Å²) in [5.74, 6) is -28.2. The fourth-order valence-corrected chi connectivity index (χ4v) is 7.44. The predicted molar refractivity (Wildman–Crippen MR) is 207 cm³/mol. The molecule has 0 radical (unpaired) electrons. The van der Waals surface area contributed by atoms with Gasteiger partial charge in [-0.15, -0.1) is 0 Å². The molecular weight excluding hydrogens is 908 g/mol. The third-order valence-corrected chi connectivity index (χ3v) is 10.6. The van der Waals surface area contributed by atoms with E-state index < -0.39 is 203 Å². The van der Waals surface area contributed by atoms with Gasteiger partial charge in [-0.25, -0.2) is 24.0 Å². The van der Waals surface area contributed by atoms with E-state index >= 15 is 0 Å². The van der Waals surface area contributed by atoms with E-state index in [0.717, 1.165) is 0 Å². The third kappa shape index (κ3) is 6.91. The monoisotopic (exact) mass is 936 g/mol. The standard InChI is InChI=1S/C41H28O26/c42-13-1-8(2-14(43)24(13)48)36(57)67-41-35-34(65-39(60)11-5-17(46)27(51)31(55)22(11)23-12(40(61)66-35)6-18(47)28(52)32(23)56)33-19(63-41)7-62-37(58)9-3-15(44)25(49)29(53)20(9)21-10(38(59)64-33)4-16(45)26(50)30(21)54/h1-6,19,33-35,41-56H,7H2/t19-,33-,34-,35-,41-/m1/s1. The fraction of sp³-hybridized carbons (Fsp3) is 0.146. The number of carbonyl (C=O) groups is 5. The van der Waals surface area contributed by atoms with Gasteiger partial charge in [-0.1, -0.05) is 0 Å². The number of aromatic hydroxyl groups is 15. The third-order valence-electron chi connectivity index (χ3n) is 10.6. The first-order chi connectivity index (χ1) is 31.5. The number of carbonyl (C=O) groups excluding carboxylic acids is 5. The molecule has 1 saturated heterocycles. The Morgan fingerprint density at radius 2 is 0.746 bits per heavy atom. The first-order valence-corrected chi connectivity index (χ1v) is 18.6. The molecule has 348 valence electrons. The van der Waals surface area contributed by atoms with Gasteiger partial charge < -0.3 is 105 Å². The van der Waals surface area contributed by atoms with Crippen LogP contribution in [0, 0.1) is 0 Å². The highest BCUT2D eigenvalue weighted by atomic mass is 16.7. The van der Waals surface area contributed by atoms with Crippen LogP contribution in [-0.4, -0.2) is 144 Å². The van der Waals surface area contributed by atoms with Crippen molar-refractivity contribution in [1.29, 1.82) is 0 Å². The van der Waals surface area contributed by atoms with Crippen LogP contribution in [0.25, 0.3) is 22.3 Å². The Balaban J connectivity index is 1.37. The van der Waals surface area contributed by atoms with Crippen LogP contribution in [0.5, 0.6) is 86.2 Å². The summed E-state index contributed by atoms with van der Waals surface area (Å²) in [6.07, 6.45) is -12.1. The lowest BCUT2D eigenvalue weighted by atomic mass is 9.91. The minimum absolute atomic E-state index is 0.408. The summed E-state index contributed by atoms with van der Waals surface area (Å²) in [5.41, 5.74) is -9.31. The number of hydrogen-bond donors (Lipinski definition) is 15. The Kier molecular flexibility index (Phi) is 10.2. The number of phenolic OH excluding ortho intramolecular Hbond substituents is 15. The zero-order chi connectivity index (χ0) is 48.8. The minimum Gasteiger partial charge on any atom is -0.504 e. The van der Waals surface area contributed by atoms with Gasteiger partial charge in [0.25, 0.3) is 0 Å². The second-order valence-corrected chi connectivity index (χ2v) is 14.6. The summed E-state index contributed by atoms with van der Waals surface area (Å²) in [6.45, 7) is -1.25. The molecule has 0 spiro atoms. The summed E-state index contributed by atoms with van der Waals surface area (Å²) in [5, 5.41) is 158. The second kappa shape index (κ2) is 15.6. The molecule has 26 nitrogen and oxygen atoms in total. The van der Waals surface area contributed by atoms with E-state index in [4.69, 9.17) is 28.4 Å². The average Bonchev–Trinajstić information content (AvgIpc) is 3.29.